The standard InChI is InChI=1S/C21H25NO2/c23-20-11-8-18(9-12-20)15-22-14-4-7-19(16-22)21(24)13-10-17-5-2-1-3-6-17/h1-3,5-6,8-9,11-12,19,23H,4,7,10,13-16H2/t19-/m1/s1. The van der Waals surface area contributed by atoms with Gasteiger partial charge in [0.25, 0.3) is 0 Å². The van der Waals surface area contributed by atoms with Gasteiger partial charge in [-0.15, -0.1) is 0 Å². The highest BCUT2D eigenvalue weighted by Gasteiger charge is 2.25. The number of ketones is 1. The summed E-state index contributed by atoms with van der Waals surface area (Å²) in [5.41, 5.74) is 2.42. The van der Waals surface area contributed by atoms with Crippen LogP contribution in [0.5, 0.6) is 5.75 Å². The molecule has 0 aliphatic carbocycles. The highest BCUT2D eigenvalue weighted by atomic mass is 16.3. The van der Waals surface area contributed by atoms with Crippen LogP contribution >= 0.6 is 0 Å². The predicted octanol–water partition coefficient (Wildman–Crippen LogP) is 3.81. The van der Waals surface area contributed by atoms with Crippen molar-refractivity contribution in [1.82, 2.24) is 4.90 Å². The van der Waals surface area contributed by atoms with Gasteiger partial charge in [-0.05, 0) is 49.1 Å². The van der Waals surface area contributed by atoms with Crippen LogP contribution in [0.3, 0.4) is 0 Å². The van der Waals surface area contributed by atoms with Crippen molar-refractivity contribution in [3.63, 3.8) is 0 Å². The van der Waals surface area contributed by atoms with Crippen LogP contribution in [-0.4, -0.2) is 28.9 Å². The number of phenols is 1. The molecule has 1 N–H and O–H groups in total. The zero-order chi connectivity index (χ0) is 16.8. The molecule has 2 aromatic carbocycles. The third kappa shape index (κ3) is 4.68. The summed E-state index contributed by atoms with van der Waals surface area (Å²) in [5.74, 6) is 0.861. The number of benzene rings is 2. The van der Waals surface area contributed by atoms with Crippen molar-refractivity contribution < 1.29 is 9.90 Å². The molecular formula is C21H25NO2. The lowest BCUT2D eigenvalue weighted by Crippen LogP contribution is -2.38. The van der Waals surface area contributed by atoms with Crippen LogP contribution in [0.25, 0.3) is 0 Å². The topological polar surface area (TPSA) is 40.5 Å². The Morgan fingerprint density at radius 2 is 1.79 bits per heavy atom. The molecule has 0 saturated carbocycles. The number of likely N-dealkylation sites (tertiary alicyclic amines) is 1. The van der Waals surface area contributed by atoms with Crippen molar-refractivity contribution in [2.45, 2.75) is 32.2 Å². The largest absolute Gasteiger partial charge is 0.508 e. The van der Waals surface area contributed by atoms with Gasteiger partial charge in [0, 0.05) is 25.4 Å². The van der Waals surface area contributed by atoms with E-state index in [9.17, 15) is 9.90 Å². The molecule has 3 rings (SSSR count). The van der Waals surface area contributed by atoms with Crippen LogP contribution in [-0.2, 0) is 17.8 Å². The van der Waals surface area contributed by atoms with E-state index < -0.39 is 0 Å². The average Bonchev–Trinajstić information content (AvgIpc) is 2.63. The number of carbonyl (C=O) groups is 1. The fourth-order valence-electron chi connectivity index (χ4n) is 3.44. The predicted molar refractivity (Wildman–Crippen MR) is 95.9 cm³/mol. The molecule has 0 radical (unpaired) electrons. The first-order valence-corrected chi connectivity index (χ1v) is 8.77. The molecule has 3 nitrogen and oxygen atoms in total. The lowest BCUT2D eigenvalue weighted by Gasteiger charge is -2.32. The maximum atomic E-state index is 12.6. The van der Waals surface area contributed by atoms with Gasteiger partial charge >= 0.3 is 0 Å². The minimum absolute atomic E-state index is 0.166. The van der Waals surface area contributed by atoms with Crippen LogP contribution in [0.1, 0.15) is 30.4 Å². The molecule has 1 saturated heterocycles. The number of aryl methyl sites for hydroxylation is 1. The third-order valence-corrected chi connectivity index (χ3v) is 4.81. The molecular weight excluding hydrogens is 298 g/mol. The Morgan fingerprint density at radius 1 is 1.04 bits per heavy atom. The quantitative estimate of drug-likeness (QED) is 0.879. The van der Waals surface area contributed by atoms with E-state index in [1.54, 1.807) is 12.1 Å². The molecule has 0 unspecified atom stereocenters. The molecule has 0 spiro atoms. The molecule has 1 heterocycles. The average molecular weight is 323 g/mol. The highest BCUT2D eigenvalue weighted by Crippen LogP contribution is 2.22. The zero-order valence-electron chi connectivity index (χ0n) is 14.0. The minimum Gasteiger partial charge on any atom is -0.508 e. The number of carbonyl (C=O) groups excluding carboxylic acids is 1. The summed E-state index contributed by atoms with van der Waals surface area (Å²) in [6, 6.07) is 17.6. The SMILES string of the molecule is O=C(CCc1ccccc1)[C@@H]1CCCN(Cc2ccc(O)cc2)C1. The fraction of sp³-hybridized carbons (Fsp3) is 0.381. The lowest BCUT2D eigenvalue weighted by molar-refractivity contribution is -0.124. The van der Waals surface area contributed by atoms with E-state index in [0.29, 0.717) is 18.0 Å². The van der Waals surface area contributed by atoms with Gasteiger partial charge < -0.3 is 5.11 Å². The van der Waals surface area contributed by atoms with Gasteiger partial charge in [0.05, 0.1) is 0 Å². The van der Waals surface area contributed by atoms with Crippen LogP contribution in [0.2, 0.25) is 0 Å². The third-order valence-electron chi connectivity index (χ3n) is 4.81. The van der Waals surface area contributed by atoms with Crippen molar-refractivity contribution in [2.75, 3.05) is 13.1 Å². The molecule has 0 aromatic heterocycles. The molecule has 2 aromatic rings. The summed E-state index contributed by atoms with van der Waals surface area (Å²) >= 11 is 0. The summed E-state index contributed by atoms with van der Waals surface area (Å²) in [6.07, 6.45) is 3.58. The molecule has 0 bridgehead atoms. The van der Waals surface area contributed by atoms with Crippen LogP contribution < -0.4 is 0 Å². The minimum atomic E-state index is 0.166. The smallest absolute Gasteiger partial charge is 0.137 e. The molecule has 0 amide bonds. The van der Waals surface area contributed by atoms with E-state index in [1.807, 2.05) is 30.3 Å². The Hall–Kier alpha value is -2.13. The number of piperidine rings is 1. The number of nitrogens with zero attached hydrogens (tertiary/aromatic N) is 1. The molecule has 1 atom stereocenters. The second kappa shape index (κ2) is 8.11. The van der Waals surface area contributed by atoms with Crippen molar-refractivity contribution in [1.29, 1.82) is 0 Å². The summed E-state index contributed by atoms with van der Waals surface area (Å²) in [4.78, 5) is 14.9. The van der Waals surface area contributed by atoms with Gasteiger partial charge in [0.2, 0.25) is 0 Å². The van der Waals surface area contributed by atoms with E-state index >= 15 is 0 Å². The second-order valence-corrected chi connectivity index (χ2v) is 6.69. The lowest BCUT2D eigenvalue weighted by atomic mass is 9.90. The number of rotatable bonds is 6. The van der Waals surface area contributed by atoms with Gasteiger partial charge in [0.1, 0.15) is 11.5 Å². The van der Waals surface area contributed by atoms with E-state index in [0.717, 1.165) is 38.9 Å². The van der Waals surface area contributed by atoms with Crippen molar-refractivity contribution in [3.8, 4) is 5.75 Å². The molecule has 24 heavy (non-hydrogen) atoms. The normalized spacial score (nSPS) is 18.4. The Labute approximate surface area is 143 Å². The first-order chi connectivity index (χ1) is 11.7. The van der Waals surface area contributed by atoms with Gasteiger partial charge in [-0.3, -0.25) is 9.69 Å². The second-order valence-electron chi connectivity index (χ2n) is 6.69. The Kier molecular flexibility index (Phi) is 5.65. The maximum Gasteiger partial charge on any atom is 0.137 e. The maximum absolute atomic E-state index is 12.6. The van der Waals surface area contributed by atoms with E-state index in [1.165, 1.54) is 11.1 Å². The van der Waals surface area contributed by atoms with Crippen LogP contribution in [0.15, 0.2) is 54.6 Å². The summed E-state index contributed by atoms with van der Waals surface area (Å²) < 4.78 is 0. The highest BCUT2D eigenvalue weighted by molar-refractivity contribution is 5.81. The molecule has 3 heteroatoms. The molecule has 1 aliphatic rings. The van der Waals surface area contributed by atoms with E-state index in [-0.39, 0.29) is 5.92 Å². The fourth-order valence-corrected chi connectivity index (χ4v) is 3.44. The van der Waals surface area contributed by atoms with Gasteiger partial charge in [-0.2, -0.15) is 0 Å². The van der Waals surface area contributed by atoms with Gasteiger partial charge in [-0.1, -0.05) is 42.5 Å². The van der Waals surface area contributed by atoms with Gasteiger partial charge in [0.15, 0.2) is 0 Å². The van der Waals surface area contributed by atoms with E-state index in [4.69, 9.17) is 0 Å². The number of aromatic hydroxyl groups is 1. The number of hydrogen-bond donors (Lipinski definition) is 1. The molecule has 1 fully saturated rings. The van der Waals surface area contributed by atoms with E-state index in [2.05, 4.69) is 17.0 Å². The van der Waals surface area contributed by atoms with Crippen molar-refractivity contribution >= 4 is 5.78 Å². The van der Waals surface area contributed by atoms with Crippen LogP contribution in [0.4, 0.5) is 0 Å². The number of Topliss-reactive ketones (excluding diaryl/α,β-unsaturated/α-hetero) is 1. The number of hydrogen-bond acceptors (Lipinski definition) is 3. The van der Waals surface area contributed by atoms with Crippen molar-refractivity contribution in [2.24, 2.45) is 5.92 Å². The Balaban J connectivity index is 1.51. The summed E-state index contributed by atoms with van der Waals surface area (Å²) in [6.45, 7) is 2.75. The summed E-state index contributed by atoms with van der Waals surface area (Å²) in [7, 11) is 0. The first-order valence-electron chi connectivity index (χ1n) is 8.77. The molecule has 1 aliphatic heterocycles. The monoisotopic (exact) mass is 323 g/mol. The van der Waals surface area contributed by atoms with Crippen molar-refractivity contribution in [3.05, 3.63) is 65.7 Å². The Morgan fingerprint density at radius 3 is 2.54 bits per heavy atom. The Bertz CT molecular complexity index is 651. The number of phenolic OH excluding ortho intramolecular Hbond substituents is 1. The summed E-state index contributed by atoms with van der Waals surface area (Å²) in [5, 5.41) is 9.37. The zero-order valence-corrected chi connectivity index (χ0v) is 14.0. The van der Waals surface area contributed by atoms with Gasteiger partial charge in [-0.25, -0.2) is 0 Å². The first kappa shape index (κ1) is 16.7. The van der Waals surface area contributed by atoms with Crippen LogP contribution in [0, 0.1) is 5.92 Å². The molecule has 126 valence electrons.